The molecule has 1 nitrogen and oxygen atoms in total. The molecule has 0 aliphatic heterocycles. The van der Waals surface area contributed by atoms with E-state index in [0.29, 0.717) is 11.5 Å². The summed E-state index contributed by atoms with van der Waals surface area (Å²) in [4.78, 5) is 0. The zero-order chi connectivity index (χ0) is 13.4. The summed E-state index contributed by atoms with van der Waals surface area (Å²) in [5.74, 6) is -0.897. The van der Waals surface area contributed by atoms with Crippen molar-refractivity contribution < 1.29 is 13.9 Å². The zero-order valence-electron chi connectivity index (χ0n) is 10.3. The molecule has 1 atom stereocenters. The molecule has 1 saturated carbocycles. The SMILES string of the molecule is OC(c1cccc(C2CC2)c1)c1c(F)cccc1F. The van der Waals surface area contributed by atoms with Crippen molar-refractivity contribution in [3.05, 3.63) is 70.8 Å². The van der Waals surface area contributed by atoms with Crippen molar-refractivity contribution >= 4 is 0 Å². The van der Waals surface area contributed by atoms with Crippen LogP contribution in [0.1, 0.15) is 41.6 Å². The van der Waals surface area contributed by atoms with E-state index in [2.05, 4.69) is 0 Å². The van der Waals surface area contributed by atoms with Gasteiger partial charge in [-0.25, -0.2) is 8.78 Å². The molecule has 0 spiro atoms. The Hall–Kier alpha value is -1.74. The van der Waals surface area contributed by atoms with Crippen LogP contribution in [0.2, 0.25) is 0 Å². The summed E-state index contributed by atoms with van der Waals surface area (Å²) < 4.78 is 27.3. The molecule has 0 bridgehead atoms. The van der Waals surface area contributed by atoms with E-state index in [9.17, 15) is 13.9 Å². The van der Waals surface area contributed by atoms with Crippen LogP contribution >= 0.6 is 0 Å². The fraction of sp³-hybridized carbons (Fsp3) is 0.250. The lowest BCUT2D eigenvalue weighted by Gasteiger charge is -2.14. The molecule has 2 aromatic rings. The molecule has 1 N–H and O–H groups in total. The number of aliphatic hydroxyl groups excluding tert-OH is 1. The molecule has 0 saturated heterocycles. The average molecular weight is 260 g/mol. The van der Waals surface area contributed by atoms with Crippen molar-refractivity contribution in [2.75, 3.05) is 0 Å². The van der Waals surface area contributed by atoms with E-state index < -0.39 is 17.7 Å². The lowest BCUT2D eigenvalue weighted by molar-refractivity contribution is 0.209. The Morgan fingerprint density at radius 2 is 1.63 bits per heavy atom. The van der Waals surface area contributed by atoms with E-state index in [1.807, 2.05) is 18.2 Å². The Balaban J connectivity index is 1.99. The van der Waals surface area contributed by atoms with Crippen LogP contribution in [0.4, 0.5) is 8.78 Å². The van der Waals surface area contributed by atoms with Gasteiger partial charge >= 0.3 is 0 Å². The second kappa shape index (κ2) is 4.74. The van der Waals surface area contributed by atoms with Gasteiger partial charge in [0.05, 0.1) is 5.56 Å². The van der Waals surface area contributed by atoms with Crippen LogP contribution in [0.15, 0.2) is 42.5 Å². The summed E-state index contributed by atoms with van der Waals surface area (Å²) in [5, 5.41) is 10.2. The number of aliphatic hydroxyl groups is 1. The molecule has 3 rings (SSSR count). The molecule has 1 aliphatic carbocycles. The van der Waals surface area contributed by atoms with Crippen LogP contribution in [0.5, 0.6) is 0 Å². The molecule has 19 heavy (non-hydrogen) atoms. The fourth-order valence-electron chi connectivity index (χ4n) is 2.34. The maximum absolute atomic E-state index is 13.7. The summed E-state index contributed by atoms with van der Waals surface area (Å²) in [5.41, 5.74) is 1.39. The quantitative estimate of drug-likeness (QED) is 0.886. The second-order valence-electron chi connectivity index (χ2n) is 4.98. The van der Waals surface area contributed by atoms with Crippen molar-refractivity contribution in [1.82, 2.24) is 0 Å². The van der Waals surface area contributed by atoms with Gasteiger partial charge in [0, 0.05) is 0 Å². The van der Waals surface area contributed by atoms with E-state index in [0.717, 1.165) is 30.5 Å². The maximum atomic E-state index is 13.7. The normalized spacial score (nSPS) is 16.4. The van der Waals surface area contributed by atoms with E-state index >= 15 is 0 Å². The van der Waals surface area contributed by atoms with E-state index in [1.165, 1.54) is 6.07 Å². The molecular weight excluding hydrogens is 246 g/mol. The Morgan fingerprint density at radius 3 is 2.26 bits per heavy atom. The van der Waals surface area contributed by atoms with Crippen LogP contribution in [0.3, 0.4) is 0 Å². The first-order valence-electron chi connectivity index (χ1n) is 6.38. The maximum Gasteiger partial charge on any atom is 0.132 e. The van der Waals surface area contributed by atoms with Gasteiger partial charge in [-0.2, -0.15) is 0 Å². The first-order chi connectivity index (χ1) is 9.16. The lowest BCUT2D eigenvalue weighted by Crippen LogP contribution is -2.06. The predicted molar refractivity (Wildman–Crippen MR) is 68.8 cm³/mol. The Bertz CT molecular complexity index is 585. The minimum absolute atomic E-state index is 0.282. The van der Waals surface area contributed by atoms with Crippen molar-refractivity contribution in [2.45, 2.75) is 24.9 Å². The van der Waals surface area contributed by atoms with E-state index in [1.54, 1.807) is 6.07 Å². The lowest BCUT2D eigenvalue weighted by atomic mass is 9.97. The van der Waals surface area contributed by atoms with Crippen LogP contribution in [0, 0.1) is 11.6 Å². The summed E-state index contributed by atoms with van der Waals surface area (Å²) in [6.45, 7) is 0. The molecule has 0 radical (unpaired) electrons. The third-order valence-corrected chi connectivity index (χ3v) is 3.55. The average Bonchev–Trinajstić information content (AvgIpc) is 3.23. The van der Waals surface area contributed by atoms with Gasteiger partial charge in [0.15, 0.2) is 0 Å². The topological polar surface area (TPSA) is 20.2 Å². The Labute approximate surface area is 110 Å². The van der Waals surface area contributed by atoms with Crippen molar-refractivity contribution in [1.29, 1.82) is 0 Å². The molecular formula is C16H14F2O. The highest BCUT2D eigenvalue weighted by atomic mass is 19.1. The molecule has 0 heterocycles. The standard InChI is InChI=1S/C16H14F2O/c17-13-5-2-6-14(18)15(13)16(19)12-4-1-3-11(9-12)10-7-8-10/h1-6,9-10,16,19H,7-8H2. The Morgan fingerprint density at radius 1 is 1.00 bits per heavy atom. The summed E-state index contributed by atoms with van der Waals surface area (Å²) in [6.07, 6.45) is 1.03. The van der Waals surface area contributed by atoms with Crippen molar-refractivity contribution in [3.63, 3.8) is 0 Å². The minimum Gasteiger partial charge on any atom is -0.383 e. The molecule has 3 heteroatoms. The summed E-state index contributed by atoms with van der Waals surface area (Å²) in [7, 11) is 0. The molecule has 1 aliphatic rings. The van der Waals surface area contributed by atoms with Gasteiger partial charge in [-0.1, -0.05) is 30.3 Å². The first kappa shape index (κ1) is 12.3. The van der Waals surface area contributed by atoms with Gasteiger partial charge in [0.2, 0.25) is 0 Å². The van der Waals surface area contributed by atoms with E-state index in [4.69, 9.17) is 0 Å². The fourth-order valence-corrected chi connectivity index (χ4v) is 2.34. The highest BCUT2D eigenvalue weighted by Crippen LogP contribution is 2.41. The number of benzene rings is 2. The van der Waals surface area contributed by atoms with Crippen molar-refractivity contribution in [2.24, 2.45) is 0 Å². The molecule has 2 aromatic carbocycles. The molecule has 1 fully saturated rings. The molecule has 0 aromatic heterocycles. The minimum atomic E-state index is -1.26. The summed E-state index contributed by atoms with van der Waals surface area (Å²) in [6, 6.07) is 11.0. The number of hydrogen-bond acceptors (Lipinski definition) is 1. The summed E-state index contributed by atoms with van der Waals surface area (Å²) >= 11 is 0. The second-order valence-corrected chi connectivity index (χ2v) is 4.98. The first-order valence-corrected chi connectivity index (χ1v) is 6.38. The largest absolute Gasteiger partial charge is 0.383 e. The predicted octanol–water partition coefficient (Wildman–Crippen LogP) is 3.92. The highest BCUT2D eigenvalue weighted by molar-refractivity contribution is 5.36. The van der Waals surface area contributed by atoms with Gasteiger partial charge in [-0.15, -0.1) is 0 Å². The van der Waals surface area contributed by atoms with Gasteiger partial charge in [0.1, 0.15) is 17.7 Å². The molecule has 1 unspecified atom stereocenters. The third kappa shape index (κ3) is 2.38. The highest BCUT2D eigenvalue weighted by Gasteiger charge is 2.25. The third-order valence-electron chi connectivity index (χ3n) is 3.55. The zero-order valence-corrected chi connectivity index (χ0v) is 10.3. The number of hydrogen-bond donors (Lipinski definition) is 1. The molecule has 0 amide bonds. The smallest absolute Gasteiger partial charge is 0.132 e. The van der Waals surface area contributed by atoms with E-state index in [-0.39, 0.29) is 5.56 Å². The number of halogens is 2. The van der Waals surface area contributed by atoms with Gasteiger partial charge in [0.25, 0.3) is 0 Å². The Kier molecular flexibility index (Phi) is 3.07. The van der Waals surface area contributed by atoms with Gasteiger partial charge in [-0.05, 0) is 42.0 Å². The monoisotopic (exact) mass is 260 g/mol. The van der Waals surface area contributed by atoms with Crippen LogP contribution in [-0.2, 0) is 0 Å². The van der Waals surface area contributed by atoms with Crippen LogP contribution in [0.25, 0.3) is 0 Å². The van der Waals surface area contributed by atoms with Crippen LogP contribution < -0.4 is 0 Å². The van der Waals surface area contributed by atoms with Crippen LogP contribution in [-0.4, -0.2) is 5.11 Å². The van der Waals surface area contributed by atoms with Gasteiger partial charge in [-0.3, -0.25) is 0 Å². The van der Waals surface area contributed by atoms with Crippen molar-refractivity contribution in [3.8, 4) is 0 Å². The number of rotatable bonds is 3. The van der Waals surface area contributed by atoms with Gasteiger partial charge < -0.3 is 5.11 Å². The molecule has 98 valence electrons.